The van der Waals surface area contributed by atoms with E-state index in [0.29, 0.717) is 37.4 Å². The van der Waals surface area contributed by atoms with E-state index >= 15 is 0 Å². The Kier molecular flexibility index (Phi) is 9.06. The van der Waals surface area contributed by atoms with Crippen LogP contribution in [0, 0.1) is 0 Å². The zero-order chi connectivity index (χ0) is 23.6. The molecule has 0 aliphatic heterocycles. The normalized spacial score (nSPS) is 10.8. The summed E-state index contributed by atoms with van der Waals surface area (Å²) in [4.78, 5) is 19.3. The van der Waals surface area contributed by atoms with Crippen molar-refractivity contribution in [1.82, 2.24) is 14.7 Å². The summed E-state index contributed by atoms with van der Waals surface area (Å²) in [5.41, 5.74) is 2.27. The lowest BCUT2D eigenvalue weighted by atomic mass is 10.1. The van der Waals surface area contributed by atoms with E-state index < -0.39 is 0 Å². The first-order valence-corrected chi connectivity index (χ1v) is 11.9. The van der Waals surface area contributed by atoms with Gasteiger partial charge in [-0.15, -0.1) is 0 Å². The second-order valence-corrected chi connectivity index (χ2v) is 8.71. The van der Waals surface area contributed by atoms with Crippen LogP contribution in [-0.2, 0) is 17.6 Å². The number of methoxy groups -OCH3 is 2. The smallest absolute Gasteiger partial charge is 0.221 e. The van der Waals surface area contributed by atoms with Crippen molar-refractivity contribution in [2.24, 2.45) is 0 Å². The summed E-state index contributed by atoms with van der Waals surface area (Å²) < 4.78 is 15.1. The van der Waals surface area contributed by atoms with Gasteiger partial charge in [-0.05, 0) is 43.5 Å². The Balaban J connectivity index is 1.48. The molecule has 3 aromatic rings. The molecule has 0 aliphatic rings. The van der Waals surface area contributed by atoms with Crippen molar-refractivity contribution in [2.75, 3.05) is 32.2 Å². The highest BCUT2D eigenvalue weighted by atomic mass is 32.1. The third kappa shape index (κ3) is 7.18. The molecule has 0 saturated heterocycles. The topological polar surface area (TPSA) is 76.6 Å². The van der Waals surface area contributed by atoms with Crippen LogP contribution in [0.4, 0.5) is 5.13 Å². The highest BCUT2D eigenvalue weighted by molar-refractivity contribution is 7.09. The maximum absolute atomic E-state index is 12.4. The molecule has 0 unspecified atom stereocenters. The Morgan fingerprint density at radius 3 is 2.52 bits per heavy atom. The molecule has 1 N–H and O–H groups in total. The summed E-state index contributed by atoms with van der Waals surface area (Å²) in [6.45, 7) is 5.37. The Bertz CT molecular complexity index is 1020. The average Bonchev–Trinajstić information content (AvgIpc) is 3.27. The zero-order valence-corrected chi connectivity index (χ0v) is 20.5. The van der Waals surface area contributed by atoms with Crippen molar-refractivity contribution in [3.8, 4) is 11.5 Å². The number of hydrogen-bond donors (Lipinski definition) is 1. The third-order valence-corrected chi connectivity index (χ3v) is 6.09. The summed E-state index contributed by atoms with van der Waals surface area (Å²) in [6.07, 6.45) is 1.83. The number of carbonyl (C=O) groups is 1. The second kappa shape index (κ2) is 12.2. The van der Waals surface area contributed by atoms with Gasteiger partial charge in [-0.2, -0.15) is 4.37 Å². The first-order valence-electron chi connectivity index (χ1n) is 11.1. The molecule has 0 radical (unpaired) electrons. The predicted octanol–water partition coefficient (Wildman–Crippen LogP) is 4.11. The first kappa shape index (κ1) is 24.5. The summed E-state index contributed by atoms with van der Waals surface area (Å²) in [6, 6.07) is 16.2. The fourth-order valence-corrected chi connectivity index (χ4v) is 4.32. The van der Waals surface area contributed by atoms with Crippen LogP contribution in [0.2, 0.25) is 0 Å². The van der Waals surface area contributed by atoms with Crippen LogP contribution < -0.4 is 19.7 Å². The number of benzene rings is 2. The molecule has 7 nitrogen and oxygen atoms in total. The molecule has 0 fully saturated rings. The number of rotatable bonds is 12. The van der Waals surface area contributed by atoms with Crippen LogP contribution in [0.25, 0.3) is 0 Å². The molecule has 2 aromatic carbocycles. The maximum Gasteiger partial charge on any atom is 0.221 e. The Morgan fingerprint density at radius 2 is 1.82 bits per heavy atom. The number of nitrogens with zero attached hydrogens (tertiary/aromatic N) is 3. The third-order valence-electron chi connectivity index (χ3n) is 5.30. The lowest BCUT2D eigenvalue weighted by molar-refractivity contribution is -0.120. The Morgan fingerprint density at radius 1 is 1.06 bits per heavy atom. The molecule has 1 amide bonds. The molecule has 33 heavy (non-hydrogen) atoms. The van der Waals surface area contributed by atoms with Crippen LogP contribution in [0.3, 0.4) is 0 Å². The highest BCUT2D eigenvalue weighted by Gasteiger charge is 2.17. The first-order chi connectivity index (χ1) is 16.0. The average molecular weight is 469 g/mol. The van der Waals surface area contributed by atoms with E-state index in [2.05, 4.69) is 40.6 Å². The lowest BCUT2D eigenvalue weighted by Crippen LogP contribution is -2.35. The minimum absolute atomic E-state index is 0.0233. The molecular formula is C25H32N4O3S. The van der Waals surface area contributed by atoms with Gasteiger partial charge in [-0.3, -0.25) is 4.79 Å². The van der Waals surface area contributed by atoms with Crippen molar-refractivity contribution in [3.05, 3.63) is 65.5 Å². The molecule has 1 heterocycles. The number of hydrogen-bond acceptors (Lipinski definition) is 7. The van der Waals surface area contributed by atoms with Gasteiger partial charge in [0.25, 0.3) is 0 Å². The molecule has 8 heteroatoms. The van der Waals surface area contributed by atoms with Gasteiger partial charge in [0.05, 0.1) is 14.2 Å². The minimum Gasteiger partial charge on any atom is -0.493 e. The standard InChI is InChI=1S/C25H32N4O3S/c1-18(2)29(25-27-23(28-33-25)17-19-8-6-5-7-9-19)15-13-24(30)26-14-12-20-10-11-21(31-3)22(16-20)32-4/h5-11,16,18H,12-15,17H2,1-4H3,(H,26,30). The molecular weight excluding hydrogens is 436 g/mol. The molecule has 1 aromatic heterocycles. The van der Waals surface area contributed by atoms with Crippen molar-refractivity contribution in [3.63, 3.8) is 0 Å². The van der Waals surface area contributed by atoms with E-state index in [4.69, 9.17) is 14.5 Å². The van der Waals surface area contributed by atoms with Crippen LogP contribution in [-0.4, -0.2) is 48.6 Å². The highest BCUT2D eigenvalue weighted by Crippen LogP contribution is 2.27. The van der Waals surface area contributed by atoms with Crippen molar-refractivity contribution < 1.29 is 14.3 Å². The molecule has 0 bridgehead atoms. The van der Waals surface area contributed by atoms with E-state index in [1.54, 1.807) is 14.2 Å². The van der Waals surface area contributed by atoms with Crippen LogP contribution in [0.1, 0.15) is 37.2 Å². The summed E-state index contributed by atoms with van der Waals surface area (Å²) in [7, 11) is 3.23. The predicted molar refractivity (Wildman–Crippen MR) is 133 cm³/mol. The lowest BCUT2D eigenvalue weighted by Gasteiger charge is -2.25. The van der Waals surface area contributed by atoms with Crippen LogP contribution in [0.15, 0.2) is 48.5 Å². The zero-order valence-electron chi connectivity index (χ0n) is 19.7. The van der Waals surface area contributed by atoms with Crippen LogP contribution >= 0.6 is 11.5 Å². The summed E-state index contributed by atoms with van der Waals surface area (Å²) in [5.74, 6) is 2.22. The minimum atomic E-state index is 0.0233. The maximum atomic E-state index is 12.4. The quantitative estimate of drug-likeness (QED) is 0.431. The monoisotopic (exact) mass is 468 g/mol. The largest absolute Gasteiger partial charge is 0.493 e. The number of ether oxygens (including phenoxy) is 2. The van der Waals surface area contributed by atoms with Crippen LogP contribution in [0.5, 0.6) is 11.5 Å². The van der Waals surface area contributed by atoms with E-state index in [0.717, 1.165) is 22.9 Å². The van der Waals surface area contributed by atoms with Crippen molar-refractivity contribution in [1.29, 1.82) is 0 Å². The van der Waals surface area contributed by atoms with Gasteiger partial charge in [0, 0.05) is 43.5 Å². The second-order valence-electron chi connectivity index (χ2n) is 7.98. The fourth-order valence-electron chi connectivity index (χ4n) is 3.48. The van der Waals surface area contributed by atoms with Gasteiger partial charge in [0.15, 0.2) is 11.5 Å². The molecule has 0 atom stereocenters. The number of nitrogens with one attached hydrogen (secondary N) is 1. The van der Waals surface area contributed by atoms with Gasteiger partial charge in [0.2, 0.25) is 11.0 Å². The van der Waals surface area contributed by atoms with Crippen molar-refractivity contribution >= 4 is 22.6 Å². The van der Waals surface area contributed by atoms with Gasteiger partial charge < -0.3 is 19.7 Å². The van der Waals surface area contributed by atoms with E-state index in [1.807, 2.05) is 36.4 Å². The SMILES string of the molecule is COc1ccc(CCNC(=O)CCN(c2nc(Cc3ccccc3)ns2)C(C)C)cc1OC. The van der Waals surface area contributed by atoms with Crippen molar-refractivity contribution in [2.45, 2.75) is 39.2 Å². The van der Waals surface area contributed by atoms with Gasteiger partial charge in [0.1, 0.15) is 5.82 Å². The molecule has 3 rings (SSSR count). The Labute approximate surface area is 199 Å². The van der Waals surface area contributed by atoms with E-state index in [1.165, 1.54) is 17.1 Å². The molecule has 0 spiro atoms. The molecule has 0 aliphatic carbocycles. The van der Waals surface area contributed by atoms with E-state index in [-0.39, 0.29) is 11.9 Å². The summed E-state index contributed by atoms with van der Waals surface area (Å²) in [5, 5.41) is 3.87. The van der Waals surface area contributed by atoms with E-state index in [9.17, 15) is 4.79 Å². The number of carbonyl (C=O) groups excluding carboxylic acids is 1. The number of aromatic nitrogens is 2. The number of anilines is 1. The number of amides is 1. The van der Waals surface area contributed by atoms with Gasteiger partial charge >= 0.3 is 0 Å². The molecule has 0 saturated carbocycles. The van der Waals surface area contributed by atoms with Gasteiger partial charge in [-0.25, -0.2) is 4.98 Å². The summed E-state index contributed by atoms with van der Waals surface area (Å²) >= 11 is 1.39. The molecule has 176 valence electrons. The fraction of sp³-hybridized carbons (Fsp3) is 0.400. The Hall–Kier alpha value is -3.13. The van der Waals surface area contributed by atoms with Gasteiger partial charge in [-0.1, -0.05) is 36.4 Å².